The summed E-state index contributed by atoms with van der Waals surface area (Å²) in [5.74, 6) is 1.22. The van der Waals surface area contributed by atoms with Gasteiger partial charge in [-0.15, -0.1) is 0 Å². The molecule has 0 atom stereocenters. The molecule has 2 heterocycles. The van der Waals surface area contributed by atoms with Crippen molar-refractivity contribution in [2.75, 3.05) is 30.4 Å². The van der Waals surface area contributed by atoms with Gasteiger partial charge in [0, 0.05) is 19.0 Å². The van der Waals surface area contributed by atoms with E-state index in [1.54, 1.807) is 31.4 Å². The van der Waals surface area contributed by atoms with Crippen molar-refractivity contribution in [3.05, 3.63) is 68.7 Å². The SMILES string of the molecule is COc1ccc(C)c(-n2c(CCNc3nc(N)nc(N)c3C#N)nc3cccc(Cl)c3c2=O)c1. The number of nitrogen functional groups attached to an aromatic ring is 2. The minimum Gasteiger partial charge on any atom is -0.497 e. The molecule has 4 rings (SSSR count). The molecule has 172 valence electrons. The standard InChI is InChI=1S/C23H21ClN8O2/c1-12-6-7-13(34-2)10-17(12)32-18(29-16-5-3-4-15(24)19(16)22(32)33)8-9-28-21-14(11-25)20(26)30-23(27)31-21/h3-7,10H,8-9H2,1-2H3,(H5,26,27,28,30,31). The van der Waals surface area contributed by atoms with Crippen LogP contribution in [0, 0.1) is 18.3 Å². The first-order chi connectivity index (χ1) is 16.3. The van der Waals surface area contributed by atoms with Crippen molar-refractivity contribution in [3.8, 4) is 17.5 Å². The van der Waals surface area contributed by atoms with Crippen molar-refractivity contribution < 1.29 is 4.74 Å². The number of fused-ring (bicyclic) bond motifs is 1. The molecular formula is C23H21ClN8O2. The number of nitrogens with zero attached hydrogens (tertiary/aromatic N) is 5. The topological polar surface area (TPSA) is 158 Å². The van der Waals surface area contributed by atoms with Gasteiger partial charge in [0.15, 0.2) is 5.82 Å². The molecule has 0 spiro atoms. The van der Waals surface area contributed by atoms with Crippen LogP contribution < -0.4 is 27.1 Å². The van der Waals surface area contributed by atoms with Crippen LogP contribution in [0.25, 0.3) is 16.6 Å². The van der Waals surface area contributed by atoms with Gasteiger partial charge in [0.1, 0.15) is 29.0 Å². The number of methoxy groups -OCH3 is 1. The largest absolute Gasteiger partial charge is 0.497 e. The molecule has 0 saturated heterocycles. The van der Waals surface area contributed by atoms with E-state index in [9.17, 15) is 10.1 Å². The summed E-state index contributed by atoms with van der Waals surface area (Å²) in [5.41, 5.74) is 13.2. The quantitative estimate of drug-likeness (QED) is 0.380. The molecule has 34 heavy (non-hydrogen) atoms. The summed E-state index contributed by atoms with van der Waals surface area (Å²) < 4.78 is 6.90. The predicted molar refractivity (Wildman–Crippen MR) is 131 cm³/mol. The number of rotatable bonds is 6. The monoisotopic (exact) mass is 476 g/mol. The Labute approximate surface area is 199 Å². The van der Waals surface area contributed by atoms with Crippen molar-refractivity contribution in [3.63, 3.8) is 0 Å². The maximum Gasteiger partial charge on any atom is 0.267 e. The smallest absolute Gasteiger partial charge is 0.267 e. The summed E-state index contributed by atoms with van der Waals surface area (Å²) in [4.78, 5) is 26.2. The zero-order chi connectivity index (χ0) is 24.4. The summed E-state index contributed by atoms with van der Waals surface area (Å²) in [6, 6.07) is 12.6. The third-order valence-corrected chi connectivity index (χ3v) is 5.60. The van der Waals surface area contributed by atoms with Crippen molar-refractivity contribution in [2.45, 2.75) is 13.3 Å². The maximum atomic E-state index is 13.6. The fraction of sp³-hybridized carbons (Fsp3) is 0.174. The minimum absolute atomic E-state index is 0.0140. The molecule has 0 saturated carbocycles. The van der Waals surface area contributed by atoms with E-state index in [-0.39, 0.29) is 35.3 Å². The average molecular weight is 477 g/mol. The Kier molecular flexibility index (Phi) is 6.21. The number of anilines is 3. The predicted octanol–water partition coefficient (Wildman–Crippen LogP) is 2.84. The van der Waals surface area contributed by atoms with Gasteiger partial charge in [0.25, 0.3) is 5.56 Å². The second kappa shape index (κ2) is 9.25. The summed E-state index contributed by atoms with van der Waals surface area (Å²) in [6.07, 6.45) is 0.309. The van der Waals surface area contributed by atoms with Gasteiger partial charge in [-0.25, -0.2) is 4.98 Å². The molecule has 0 unspecified atom stereocenters. The van der Waals surface area contributed by atoms with E-state index in [0.717, 1.165) is 5.56 Å². The van der Waals surface area contributed by atoms with Gasteiger partial charge < -0.3 is 21.5 Å². The molecule has 5 N–H and O–H groups in total. The summed E-state index contributed by atoms with van der Waals surface area (Å²) >= 11 is 6.36. The van der Waals surface area contributed by atoms with Crippen LogP contribution in [0.3, 0.4) is 0 Å². The molecule has 10 nitrogen and oxygen atoms in total. The second-order valence-electron chi connectivity index (χ2n) is 7.43. The molecule has 0 radical (unpaired) electrons. The summed E-state index contributed by atoms with van der Waals surface area (Å²) in [6.45, 7) is 2.18. The Morgan fingerprint density at radius 2 is 2.00 bits per heavy atom. The van der Waals surface area contributed by atoms with Gasteiger partial charge in [-0.1, -0.05) is 23.7 Å². The lowest BCUT2D eigenvalue weighted by Gasteiger charge is -2.17. The zero-order valence-electron chi connectivity index (χ0n) is 18.5. The van der Waals surface area contributed by atoms with Crippen LogP contribution in [-0.2, 0) is 6.42 Å². The Morgan fingerprint density at radius 1 is 1.21 bits per heavy atom. The van der Waals surface area contributed by atoms with Gasteiger partial charge >= 0.3 is 0 Å². The Bertz CT molecular complexity index is 1510. The van der Waals surface area contributed by atoms with Gasteiger partial charge in [-0.2, -0.15) is 15.2 Å². The lowest BCUT2D eigenvalue weighted by atomic mass is 10.1. The van der Waals surface area contributed by atoms with Crippen molar-refractivity contribution >= 4 is 40.1 Å². The number of hydrogen-bond acceptors (Lipinski definition) is 9. The first-order valence-electron chi connectivity index (χ1n) is 10.3. The Morgan fingerprint density at radius 3 is 2.74 bits per heavy atom. The first-order valence-corrected chi connectivity index (χ1v) is 10.6. The molecule has 0 bridgehead atoms. The summed E-state index contributed by atoms with van der Waals surface area (Å²) in [5, 5.41) is 13.1. The lowest BCUT2D eigenvalue weighted by molar-refractivity contribution is 0.414. The average Bonchev–Trinajstić information content (AvgIpc) is 2.80. The van der Waals surface area contributed by atoms with E-state index in [1.807, 2.05) is 25.1 Å². The van der Waals surface area contributed by atoms with Crippen molar-refractivity contribution in [1.29, 1.82) is 5.26 Å². The van der Waals surface area contributed by atoms with Gasteiger partial charge in [-0.05, 0) is 30.7 Å². The molecule has 0 amide bonds. The number of halogens is 1. The third-order valence-electron chi connectivity index (χ3n) is 5.28. The zero-order valence-corrected chi connectivity index (χ0v) is 19.2. The van der Waals surface area contributed by atoms with Gasteiger partial charge in [-0.3, -0.25) is 9.36 Å². The number of nitrogens with one attached hydrogen (secondary N) is 1. The molecular weight excluding hydrogens is 456 g/mol. The van der Waals surface area contributed by atoms with E-state index in [0.29, 0.717) is 39.6 Å². The molecule has 0 aliphatic heterocycles. The summed E-state index contributed by atoms with van der Waals surface area (Å²) in [7, 11) is 1.56. The van der Waals surface area contributed by atoms with Gasteiger partial charge in [0.05, 0.1) is 28.7 Å². The highest BCUT2D eigenvalue weighted by Crippen LogP contribution is 2.25. The van der Waals surface area contributed by atoms with Crippen LogP contribution in [0.4, 0.5) is 17.6 Å². The van der Waals surface area contributed by atoms with E-state index in [2.05, 4.69) is 15.3 Å². The van der Waals surface area contributed by atoms with Crippen LogP contribution in [0.1, 0.15) is 17.0 Å². The van der Waals surface area contributed by atoms with Crippen LogP contribution >= 0.6 is 11.6 Å². The highest BCUT2D eigenvalue weighted by molar-refractivity contribution is 6.35. The van der Waals surface area contributed by atoms with E-state index in [4.69, 9.17) is 32.8 Å². The van der Waals surface area contributed by atoms with Gasteiger partial charge in [0.2, 0.25) is 5.95 Å². The lowest BCUT2D eigenvalue weighted by Crippen LogP contribution is -2.26. The number of aromatic nitrogens is 4. The number of aryl methyl sites for hydroxylation is 1. The molecule has 4 aromatic rings. The molecule has 0 fully saturated rings. The Hall–Kier alpha value is -4.36. The van der Waals surface area contributed by atoms with Crippen molar-refractivity contribution in [2.24, 2.45) is 0 Å². The number of benzene rings is 2. The van der Waals surface area contributed by atoms with Crippen LogP contribution in [0.15, 0.2) is 41.2 Å². The fourth-order valence-electron chi connectivity index (χ4n) is 3.64. The maximum absolute atomic E-state index is 13.6. The normalized spacial score (nSPS) is 10.8. The third kappa shape index (κ3) is 4.16. The highest BCUT2D eigenvalue weighted by atomic mass is 35.5. The van der Waals surface area contributed by atoms with Crippen LogP contribution in [0.2, 0.25) is 5.02 Å². The number of hydrogen-bond donors (Lipinski definition) is 3. The minimum atomic E-state index is -0.296. The molecule has 0 aliphatic rings. The molecule has 0 aliphatic carbocycles. The highest BCUT2D eigenvalue weighted by Gasteiger charge is 2.18. The van der Waals surface area contributed by atoms with E-state index in [1.165, 1.54) is 4.57 Å². The molecule has 11 heteroatoms. The molecule has 2 aromatic heterocycles. The van der Waals surface area contributed by atoms with Crippen LogP contribution in [0.5, 0.6) is 5.75 Å². The van der Waals surface area contributed by atoms with E-state index >= 15 is 0 Å². The number of nitrogens with two attached hydrogens (primary N) is 2. The van der Waals surface area contributed by atoms with Crippen molar-refractivity contribution in [1.82, 2.24) is 19.5 Å². The number of ether oxygens (including phenoxy) is 1. The fourth-order valence-corrected chi connectivity index (χ4v) is 3.89. The molecule has 2 aromatic carbocycles. The second-order valence-corrected chi connectivity index (χ2v) is 7.84. The number of nitriles is 1. The van der Waals surface area contributed by atoms with E-state index < -0.39 is 0 Å². The van der Waals surface area contributed by atoms with Crippen LogP contribution in [-0.4, -0.2) is 33.2 Å². The first kappa shape index (κ1) is 22.8. The Balaban J connectivity index is 1.81.